The molecular formula is C17H20F2N2. The Morgan fingerprint density at radius 2 is 1.71 bits per heavy atom. The first kappa shape index (κ1) is 15.4. The van der Waals surface area contributed by atoms with E-state index < -0.39 is 0 Å². The minimum absolute atomic E-state index is 0.282. The number of nitrogens with zero attached hydrogens (tertiary/aromatic N) is 1. The number of rotatable bonds is 6. The lowest BCUT2D eigenvalue weighted by molar-refractivity contribution is 0.621. The van der Waals surface area contributed by atoms with Crippen LogP contribution in [0.25, 0.3) is 0 Å². The summed E-state index contributed by atoms with van der Waals surface area (Å²) in [6, 6.07) is 11.3. The smallest absolute Gasteiger partial charge is 0.125 e. The largest absolute Gasteiger partial charge is 0.342 e. The molecule has 0 heterocycles. The van der Waals surface area contributed by atoms with Gasteiger partial charge in [-0.25, -0.2) is 8.78 Å². The summed E-state index contributed by atoms with van der Waals surface area (Å²) >= 11 is 0. The van der Waals surface area contributed by atoms with Gasteiger partial charge in [-0.05, 0) is 55.4 Å². The molecular weight excluding hydrogens is 270 g/mol. The van der Waals surface area contributed by atoms with Gasteiger partial charge in [0.25, 0.3) is 0 Å². The van der Waals surface area contributed by atoms with Crippen LogP contribution in [0.5, 0.6) is 0 Å². The molecule has 0 fully saturated rings. The Morgan fingerprint density at radius 3 is 2.38 bits per heavy atom. The molecule has 0 aliphatic heterocycles. The van der Waals surface area contributed by atoms with Crippen molar-refractivity contribution in [2.75, 3.05) is 18.0 Å². The van der Waals surface area contributed by atoms with Gasteiger partial charge in [0.15, 0.2) is 0 Å². The minimum Gasteiger partial charge on any atom is -0.342 e. The molecule has 0 spiro atoms. The van der Waals surface area contributed by atoms with Crippen molar-refractivity contribution in [3.8, 4) is 0 Å². The van der Waals surface area contributed by atoms with E-state index in [1.54, 1.807) is 6.07 Å². The van der Waals surface area contributed by atoms with Crippen molar-refractivity contribution in [2.45, 2.75) is 20.4 Å². The second kappa shape index (κ2) is 7.18. The highest BCUT2D eigenvalue weighted by molar-refractivity contribution is 5.63. The van der Waals surface area contributed by atoms with E-state index >= 15 is 0 Å². The first-order valence-corrected chi connectivity index (χ1v) is 7.17. The summed E-state index contributed by atoms with van der Waals surface area (Å²) in [5, 5.41) is 3.18. The zero-order valence-corrected chi connectivity index (χ0v) is 12.4. The van der Waals surface area contributed by atoms with Gasteiger partial charge in [-0.1, -0.05) is 13.0 Å². The van der Waals surface area contributed by atoms with Crippen LogP contribution < -0.4 is 10.2 Å². The van der Waals surface area contributed by atoms with Crippen LogP contribution in [0.4, 0.5) is 20.2 Å². The molecule has 2 aromatic rings. The topological polar surface area (TPSA) is 15.3 Å². The third-order valence-corrected chi connectivity index (χ3v) is 3.27. The second-order valence-corrected chi connectivity index (χ2v) is 4.82. The van der Waals surface area contributed by atoms with Crippen molar-refractivity contribution in [1.82, 2.24) is 5.32 Å². The molecule has 0 aromatic heterocycles. The SMILES string of the molecule is CCNCc1cc(F)cc(N(CC)c2cccc(F)c2)c1. The van der Waals surface area contributed by atoms with Gasteiger partial charge in [-0.2, -0.15) is 0 Å². The molecule has 0 radical (unpaired) electrons. The molecule has 4 heteroatoms. The fourth-order valence-electron chi connectivity index (χ4n) is 2.32. The Labute approximate surface area is 124 Å². The summed E-state index contributed by atoms with van der Waals surface area (Å²) in [6.45, 7) is 6.04. The maximum atomic E-state index is 13.8. The Bertz CT molecular complexity index is 599. The fraction of sp³-hybridized carbons (Fsp3) is 0.294. The van der Waals surface area contributed by atoms with E-state index in [1.165, 1.54) is 24.3 Å². The monoisotopic (exact) mass is 290 g/mol. The Morgan fingerprint density at radius 1 is 0.952 bits per heavy atom. The quantitative estimate of drug-likeness (QED) is 0.856. The summed E-state index contributed by atoms with van der Waals surface area (Å²) < 4.78 is 27.2. The third-order valence-electron chi connectivity index (χ3n) is 3.27. The maximum Gasteiger partial charge on any atom is 0.125 e. The highest BCUT2D eigenvalue weighted by Crippen LogP contribution is 2.27. The van der Waals surface area contributed by atoms with Crippen LogP contribution in [0.1, 0.15) is 19.4 Å². The summed E-state index contributed by atoms with van der Waals surface area (Å²) in [5.41, 5.74) is 2.33. The number of hydrogen-bond acceptors (Lipinski definition) is 2. The standard InChI is InChI=1S/C17H20F2N2/c1-3-20-12-13-8-15(19)11-17(9-13)21(4-2)16-7-5-6-14(18)10-16/h5-11,20H,3-4,12H2,1-2H3. The van der Waals surface area contributed by atoms with Gasteiger partial charge < -0.3 is 10.2 Å². The highest BCUT2D eigenvalue weighted by Gasteiger charge is 2.10. The summed E-state index contributed by atoms with van der Waals surface area (Å²) in [6.07, 6.45) is 0. The second-order valence-electron chi connectivity index (χ2n) is 4.82. The first-order chi connectivity index (χ1) is 10.1. The van der Waals surface area contributed by atoms with E-state index in [4.69, 9.17) is 0 Å². The van der Waals surface area contributed by atoms with Crippen molar-refractivity contribution in [2.24, 2.45) is 0 Å². The van der Waals surface area contributed by atoms with Crippen LogP contribution in [0.3, 0.4) is 0 Å². The lowest BCUT2D eigenvalue weighted by Crippen LogP contribution is -2.17. The van der Waals surface area contributed by atoms with Gasteiger partial charge >= 0.3 is 0 Å². The number of nitrogens with one attached hydrogen (secondary N) is 1. The van der Waals surface area contributed by atoms with Gasteiger partial charge in [0.1, 0.15) is 11.6 Å². The van der Waals surface area contributed by atoms with Crippen LogP contribution >= 0.6 is 0 Å². The van der Waals surface area contributed by atoms with Gasteiger partial charge in [0.05, 0.1) is 0 Å². The Kier molecular flexibility index (Phi) is 5.28. The Hall–Kier alpha value is -1.94. The molecule has 112 valence electrons. The first-order valence-electron chi connectivity index (χ1n) is 7.17. The van der Waals surface area contributed by atoms with Crippen molar-refractivity contribution >= 4 is 11.4 Å². The van der Waals surface area contributed by atoms with Crippen LogP contribution in [-0.2, 0) is 6.54 Å². The molecule has 0 unspecified atom stereocenters. The van der Waals surface area contributed by atoms with Gasteiger partial charge in [0, 0.05) is 24.5 Å². The predicted molar refractivity (Wildman–Crippen MR) is 82.9 cm³/mol. The molecule has 2 nitrogen and oxygen atoms in total. The van der Waals surface area contributed by atoms with E-state index in [-0.39, 0.29) is 11.6 Å². The number of halogens is 2. The van der Waals surface area contributed by atoms with Crippen LogP contribution in [0, 0.1) is 11.6 Å². The fourth-order valence-corrected chi connectivity index (χ4v) is 2.32. The van der Waals surface area contributed by atoms with Gasteiger partial charge in [-0.15, -0.1) is 0 Å². The average molecular weight is 290 g/mol. The lowest BCUT2D eigenvalue weighted by atomic mass is 10.1. The zero-order valence-electron chi connectivity index (χ0n) is 12.4. The van der Waals surface area contributed by atoms with Crippen molar-refractivity contribution in [3.63, 3.8) is 0 Å². The molecule has 2 rings (SSSR count). The van der Waals surface area contributed by atoms with Crippen molar-refractivity contribution in [1.29, 1.82) is 0 Å². The van der Waals surface area contributed by atoms with Gasteiger partial charge in [0.2, 0.25) is 0 Å². The lowest BCUT2D eigenvalue weighted by Gasteiger charge is -2.24. The normalized spacial score (nSPS) is 10.7. The molecule has 2 aromatic carbocycles. The molecule has 0 amide bonds. The predicted octanol–water partition coefficient (Wildman–Crippen LogP) is 4.23. The summed E-state index contributed by atoms with van der Waals surface area (Å²) in [4.78, 5) is 1.89. The van der Waals surface area contributed by atoms with Crippen molar-refractivity contribution < 1.29 is 8.78 Å². The molecule has 1 N–H and O–H groups in total. The maximum absolute atomic E-state index is 13.8. The average Bonchev–Trinajstić information content (AvgIpc) is 2.45. The molecule has 0 saturated carbocycles. The van der Waals surface area contributed by atoms with E-state index in [2.05, 4.69) is 5.32 Å². The number of hydrogen-bond donors (Lipinski definition) is 1. The van der Waals surface area contributed by atoms with E-state index in [1.807, 2.05) is 30.9 Å². The van der Waals surface area contributed by atoms with Crippen LogP contribution in [0.2, 0.25) is 0 Å². The van der Waals surface area contributed by atoms with Crippen molar-refractivity contribution in [3.05, 3.63) is 59.7 Å². The molecule has 0 saturated heterocycles. The van der Waals surface area contributed by atoms with E-state index in [0.717, 1.165) is 23.5 Å². The minimum atomic E-state index is -0.296. The zero-order chi connectivity index (χ0) is 15.2. The molecule has 21 heavy (non-hydrogen) atoms. The van der Waals surface area contributed by atoms with E-state index in [9.17, 15) is 8.78 Å². The van der Waals surface area contributed by atoms with Crippen LogP contribution in [0.15, 0.2) is 42.5 Å². The highest BCUT2D eigenvalue weighted by atomic mass is 19.1. The third kappa shape index (κ3) is 4.02. The number of benzene rings is 2. The molecule has 0 bridgehead atoms. The van der Waals surface area contributed by atoms with Crippen LogP contribution in [-0.4, -0.2) is 13.1 Å². The summed E-state index contributed by atoms with van der Waals surface area (Å²) in [7, 11) is 0. The molecule has 0 aliphatic rings. The number of anilines is 2. The Balaban J connectivity index is 2.35. The van der Waals surface area contributed by atoms with Gasteiger partial charge in [-0.3, -0.25) is 0 Å². The van der Waals surface area contributed by atoms with E-state index in [0.29, 0.717) is 13.1 Å². The molecule has 0 aliphatic carbocycles. The summed E-state index contributed by atoms with van der Waals surface area (Å²) in [5.74, 6) is -0.578. The molecule has 0 atom stereocenters.